The Bertz CT molecular complexity index is 1680. The molecule has 0 radical (unpaired) electrons. The molecule has 1 aliphatic heterocycles. The van der Waals surface area contributed by atoms with Gasteiger partial charge >= 0.3 is 0 Å². The number of aromatic nitrogens is 2. The van der Waals surface area contributed by atoms with E-state index in [4.69, 9.17) is 14.4 Å². The summed E-state index contributed by atoms with van der Waals surface area (Å²) >= 11 is 1.75. The van der Waals surface area contributed by atoms with E-state index in [2.05, 4.69) is 48.5 Å². The van der Waals surface area contributed by atoms with Crippen molar-refractivity contribution in [3.63, 3.8) is 0 Å². The molecule has 2 aliphatic rings. The lowest BCUT2D eigenvalue weighted by Gasteiger charge is -1.98. The lowest BCUT2D eigenvalue weighted by atomic mass is 10.1. The lowest BCUT2D eigenvalue weighted by molar-refractivity contribution is 0.632. The summed E-state index contributed by atoms with van der Waals surface area (Å²) in [6.07, 6.45) is 1.87. The molecular formula is C26H14N2OS. The maximum absolute atomic E-state index is 6.18. The van der Waals surface area contributed by atoms with Crippen molar-refractivity contribution in [2.24, 2.45) is 0 Å². The highest BCUT2D eigenvalue weighted by Gasteiger charge is 2.19. The molecule has 3 aromatic heterocycles. The first-order chi connectivity index (χ1) is 14.9. The van der Waals surface area contributed by atoms with Crippen molar-refractivity contribution in [1.29, 1.82) is 0 Å². The second kappa shape index (κ2) is 5.88. The third kappa shape index (κ3) is 2.14. The summed E-state index contributed by atoms with van der Waals surface area (Å²) in [5, 5.41) is 3.43. The van der Waals surface area contributed by atoms with Gasteiger partial charge in [-0.1, -0.05) is 54.6 Å². The molecule has 4 heteroatoms. The average molecular weight is 402 g/mol. The van der Waals surface area contributed by atoms with Gasteiger partial charge in [0.2, 0.25) is 0 Å². The predicted octanol–water partition coefficient (Wildman–Crippen LogP) is 7.52. The van der Waals surface area contributed by atoms with Gasteiger partial charge in [-0.2, -0.15) is 0 Å². The van der Waals surface area contributed by atoms with Crippen molar-refractivity contribution in [1.82, 2.24) is 9.97 Å². The van der Waals surface area contributed by atoms with Crippen LogP contribution >= 0.6 is 11.3 Å². The van der Waals surface area contributed by atoms with E-state index in [0.29, 0.717) is 0 Å². The molecule has 0 unspecified atom stereocenters. The van der Waals surface area contributed by atoms with E-state index >= 15 is 0 Å². The van der Waals surface area contributed by atoms with Crippen molar-refractivity contribution >= 4 is 53.5 Å². The molecule has 5 aromatic rings. The van der Waals surface area contributed by atoms with Crippen LogP contribution in [0.4, 0.5) is 0 Å². The summed E-state index contributed by atoms with van der Waals surface area (Å²) in [7, 11) is 0. The number of hydrogen-bond donors (Lipinski definition) is 0. The van der Waals surface area contributed by atoms with Crippen molar-refractivity contribution in [3.05, 3.63) is 85.1 Å². The van der Waals surface area contributed by atoms with Crippen molar-refractivity contribution in [3.8, 4) is 22.6 Å². The molecule has 3 nitrogen and oxygen atoms in total. The van der Waals surface area contributed by atoms with Crippen LogP contribution < -0.4 is 0 Å². The topological polar surface area (TPSA) is 38.9 Å². The fourth-order valence-electron chi connectivity index (χ4n) is 4.34. The highest BCUT2D eigenvalue weighted by atomic mass is 32.1. The standard InChI is InChI=1S/C26H14N2OS/c1-4-11-21-15(6-1)14-22(29-21)18-12-13-27-23-19-9-5-8-17-16-7-2-3-10-20(16)28-24(17)26(19)30-25(18)23/h1-14H. The number of thiophene rings is 1. The van der Waals surface area contributed by atoms with E-state index in [1.165, 1.54) is 10.9 Å². The second-order valence-corrected chi connectivity index (χ2v) is 8.47. The SMILES string of the molecule is c1ccc2oc(-c3ccnc4c3sc3c5nc6ccccc6c-5cccc34)cc2c1. The Morgan fingerprint density at radius 2 is 1.60 bits per heavy atom. The quantitative estimate of drug-likeness (QED) is 0.285. The molecule has 0 atom stereocenters. The summed E-state index contributed by atoms with van der Waals surface area (Å²) in [6, 6.07) is 27.0. The molecule has 7 rings (SSSR count). The Labute approximate surface area is 175 Å². The van der Waals surface area contributed by atoms with E-state index in [-0.39, 0.29) is 0 Å². The van der Waals surface area contributed by atoms with E-state index in [9.17, 15) is 0 Å². The van der Waals surface area contributed by atoms with Gasteiger partial charge in [0.25, 0.3) is 0 Å². The Morgan fingerprint density at radius 3 is 2.57 bits per heavy atom. The van der Waals surface area contributed by atoms with Gasteiger partial charge in [0.05, 0.1) is 26.1 Å². The normalized spacial score (nSPS) is 12.0. The molecule has 0 saturated heterocycles. The largest absolute Gasteiger partial charge is 0.456 e. The van der Waals surface area contributed by atoms with Crippen LogP contribution in [-0.2, 0) is 0 Å². The van der Waals surface area contributed by atoms with E-state index < -0.39 is 0 Å². The molecule has 0 bridgehead atoms. The van der Waals surface area contributed by atoms with Crippen LogP contribution in [-0.4, -0.2) is 9.97 Å². The number of pyridine rings is 1. The number of rotatable bonds is 1. The zero-order valence-corrected chi connectivity index (χ0v) is 16.6. The van der Waals surface area contributed by atoms with Gasteiger partial charge in [0.15, 0.2) is 0 Å². The number of benzene rings is 2. The van der Waals surface area contributed by atoms with Crippen LogP contribution in [0.2, 0.25) is 0 Å². The first-order valence-electron chi connectivity index (χ1n) is 9.84. The first-order valence-corrected chi connectivity index (χ1v) is 10.7. The monoisotopic (exact) mass is 402 g/mol. The smallest absolute Gasteiger partial charge is 0.136 e. The zero-order valence-electron chi connectivity index (χ0n) is 15.8. The Kier molecular flexibility index (Phi) is 3.15. The summed E-state index contributed by atoms with van der Waals surface area (Å²) in [4.78, 5) is 9.71. The molecule has 140 valence electrons. The highest BCUT2D eigenvalue weighted by molar-refractivity contribution is 7.26. The summed E-state index contributed by atoms with van der Waals surface area (Å²) in [5.74, 6) is 0.872. The molecule has 0 fully saturated rings. The third-order valence-corrected chi connectivity index (χ3v) is 6.96. The first kappa shape index (κ1) is 16.1. The number of fused-ring (bicyclic) bond motifs is 8. The molecular weight excluding hydrogens is 388 g/mol. The Hall–Kier alpha value is -3.76. The van der Waals surface area contributed by atoms with Gasteiger partial charge in [0, 0.05) is 33.5 Å². The molecule has 4 heterocycles. The molecule has 0 saturated carbocycles. The fourth-order valence-corrected chi connectivity index (χ4v) is 5.61. The Morgan fingerprint density at radius 1 is 0.733 bits per heavy atom. The average Bonchev–Trinajstić information content (AvgIpc) is 3.44. The number of nitrogens with zero attached hydrogens (tertiary/aromatic N) is 2. The zero-order chi connectivity index (χ0) is 19.7. The molecule has 0 spiro atoms. The molecule has 30 heavy (non-hydrogen) atoms. The van der Waals surface area contributed by atoms with Gasteiger partial charge in [-0.15, -0.1) is 11.3 Å². The van der Waals surface area contributed by atoms with Crippen LogP contribution in [0.15, 0.2) is 89.5 Å². The van der Waals surface area contributed by atoms with Gasteiger partial charge in [-0.3, -0.25) is 4.98 Å². The van der Waals surface area contributed by atoms with Crippen LogP contribution in [0.1, 0.15) is 0 Å². The highest BCUT2D eigenvalue weighted by Crippen LogP contribution is 2.44. The van der Waals surface area contributed by atoms with Gasteiger partial charge < -0.3 is 4.42 Å². The minimum atomic E-state index is 0.872. The Balaban J connectivity index is 1.59. The molecule has 0 amide bonds. The van der Waals surface area contributed by atoms with Crippen molar-refractivity contribution in [2.75, 3.05) is 0 Å². The van der Waals surface area contributed by atoms with Gasteiger partial charge in [-0.25, -0.2) is 4.98 Å². The maximum Gasteiger partial charge on any atom is 0.136 e. The van der Waals surface area contributed by atoms with Crippen molar-refractivity contribution in [2.45, 2.75) is 0 Å². The number of hydrogen-bond acceptors (Lipinski definition) is 4. The van der Waals surface area contributed by atoms with Gasteiger partial charge in [0.1, 0.15) is 11.3 Å². The minimum absolute atomic E-state index is 0.872. The van der Waals surface area contributed by atoms with Crippen LogP contribution in [0.25, 0.3) is 64.8 Å². The minimum Gasteiger partial charge on any atom is -0.456 e. The summed E-state index contributed by atoms with van der Waals surface area (Å²) in [5.41, 5.74) is 6.22. The molecule has 0 N–H and O–H groups in total. The van der Waals surface area contributed by atoms with Gasteiger partial charge in [-0.05, 0) is 24.3 Å². The van der Waals surface area contributed by atoms with Crippen LogP contribution in [0.5, 0.6) is 0 Å². The third-order valence-electron chi connectivity index (χ3n) is 5.72. The number of para-hydroxylation sites is 2. The van der Waals surface area contributed by atoms with Crippen molar-refractivity contribution < 1.29 is 4.42 Å². The lowest BCUT2D eigenvalue weighted by Crippen LogP contribution is -1.77. The summed E-state index contributed by atoms with van der Waals surface area (Å²) in [6.45, 7) is 0. The second-order valence-electron chi connectivity index (χ2n) is 7.45. The van der Waals surface area contributed by atoms with Crippen LogP contribution in [0.3, 0.4) is 0 Å². The van der Waals surface area contributed by atoms with Crippen LogP contribution in [0, 0.1) is 0 Å². The predicted molar refractivity (Wildman–Crippen MR) is 124 cm³/mol. The van der Waals surface area contributed by atoms with E-state index in [0.717, 1.165) is 53.8 Å². The maximum atomic E-state index is 6.18. The molecule has 1 aliphatic carbocycles. The fraction of sp³-hybridized carbons (Fsp3) is 0. The number of furan rings is 1. The van der Waals surface area contributed by atoms with E-state index in [1.807, 2.05) is 36.5 Å². The summed E-state index contributed by atoms with van der Waals surface area (Å²) < 4.78 is 8.47. The molecule has 2 aromatic carbocycles. The van der Waals surface area contributed by atoms with E-state index in [1.54, 1.807) is 11.3 Å².